The van der Waals surface area contributed by atoms with E-state index in [0.29, 0.717) is 24.0 Å². The standard InChI is InChI=1S/C13H16N2O3/c1-3-12-14-15-13(18-12)8-17-11-6-4-5-10(7-11)9(2)16/h4-7,9,16H,3,8H2,1-2H3/t9-/m0/s1. The van der Waals surface area contributed by atoms with Gasteiger partial charge in [-0.3, -0.25) is 0 Å². The summed E-state index contributed by atoms with van der Waals surface area (Å²) in [6.45, 7) is 3.89. The molecule has 5 nitrogen and oxygen atoms in total. The smallest absolute Gasteiger partial charge is 0.253 e. The molecule has 1 heterocycles. The quantitative estimate of drug-likeness (QED) is 0.879. The normalized spacial score (nSPS) is 12.4. The van der Waals surface area contributed by atoms with Crippen LogP contribution in [-0.4, -0.2) is 15.3 Å². The molecule has 0 aliphatic carbocycles. The third kappa shape index (κ3) is 3.07. The first-order valence-electron chi connectivity index (χ1n) is 5.91. The molecule has 0 fully saturated rings. The van der Waals surface area contributed by atoms with E-state index in [4.69, 9.17) is 9.15 Å². The van der Waals surface area contributed by atoms with Crippen LogP contribution in [0.15, 0.2) is 28.7 Å². The molecule has 2 aromatic rings. The van der Waals surface area contributed by atoms with Gasteiger partial charge in [-0.2, -0.15) is 0 Å². The van der Waals surface area contributed by atoms with E-state index in [2.05, 4.69) is 10.2 Å². The van der Waals surface area contributed by atoms with E-state index < -0.39 is 6.10 Å². The molecule has 5 heteroatoms. The molecule has 0 spiro atoms. The number of ether oxygens (including phenoxy) is 1. The second-order valence-corrected chi connectivity index (χ2v) is 3.98. The first-order chi connectivity index (χ1) is 8.69. The lowest BCUT2D eigenvalue weighted by Crippen LogP contribution is -1.97. The number of aliphatic hydroxyl groups excluding tert-OH is 1. The number of hydrogen-bond donors (Lipinski definition) is 1. The Labute approximate surface area is 105 Å². The lowest BCUT2D eigenvalue weighted by atomic mass is 10.1. The highest BCUT2D eigenvalue weighted by molar-refractivity contribution is 5.29. The summed E-state index contributed by atoms with van der Waals surface area (Å²) in [5, 5.41) is 17.2. The first kappa shape index (κ1) is 12.6. The van der Waals surface area contributed by atoms with Gasteiger partial charge in [0, 0.05) is 6.42 Å². The van der Waals surface area contributed by atoms with Crippen molar-refractivity contribution in [2.75, 3.05) is 0 Å². The largest absolute Gasteiger partial charge is 0.484 e. The van der Waals surface area contributed by atoms with Crippen molar-refractivity contribution >= 4 is 0 Å². The maximum atomic E-state index is 9.47. The van der Waals surface area contributed by atoms with Crippen LogP contribution in [0.1, 0.15) is 37.3 Å². The molecular weight excluding hydrogens is 232 g/mol. The number of aliphatic hydroxyl groups is 1. The lowest BCUT2D eigenvalue weighted by molar-refractivity contribution is 0.198. The monoisotopic (exact) mass is 248 g/mol. The molecule has 0 unspecified atom stereocenters. The average Bonchev–Trinajstić information content (AvgIpc) is 2.84. The average molecular weight is 248 g/mol. The van der Waals surface area contributed by atoms with Gasteiger partial charge in [-0.1, -0.05) is 19.1 Å². The molecule has 0 aliphatic heterocycles. The fraction of sp³-hybridized carbons (Fsp3) is 0.385. The van der Waals surface area contributed by atoms with Crippen molar-refractivity contribution in [3.63, 3.8) is 0 Å². The summed E-state index contributed by atoms with van der Waals surface area (Å²) >= 11 is 0. The van der Waals surface area contributed by atoms with Crippen LogP contribution in [0.5, 0.6) is 5.75 Å². The van der Waals surface area contributed by atoms with Crippen LogP contribution in [0.25, 0.3) is 0 Å². The van der Waals surface area contributed by atoms with E-state index >= 15 is 0 Å². The Bertz CT molecular complexity index is 508. The van der Waals surface area contributed by atoms with Crippen molar-refractivity contribution in [2.45, 2.75) is 33.0 Å². The zero-order valence-electron chi connectivity index (χ0n) is 10.5. The second-order valence-electron chi connectivity index (χ2n) is 3.98. The molecule has 1 aromatic carbocycles. The summed E-state index contributed by atoms with van der Waals surface area (Å²) in [7, 11) is 0. The van der Waals surface area contributed by atoms with Gasteiger partial charge >= 0.3 is 0 Å². The van der Waals surface area contributed by atoms with E-state index in [0.717, 1.165) is 5.56 Å². The summed E-state index contributed by atoms with van der Waals surface area (Å²) in [6.07, 6.45) is 0.202. The third-order valence-electron chi connectivity index (χ3n) is 2.51. The van der Waals surface area contributed by atoms with Gasteiger partial charge in [0.1, 0.15) is 5.75 Å². The molecule has 0 radical (unpaired) electrons. The second kappa shape index (κ2) is 5.64. The molecule has 1 N–H and O–H groups in total. The molecule has 18 heavy (non-hydrogen) atoms. The van der Waals surface area contributed by atoms with Crippen LogP contribution in [0, 0.1) is 0 Å². The minimum absolute atomic E-state index is 0.232. The highest BCUT2D eigenvalue weighted by Gasteiger charge is 2.06. The Morgan fingerprint density at radius 3 is 2.78 bits per heavy atom. The fourth-order valence-electron chi connectivity index (χ4n) is 1.50. The minimum atomic E-state index is -0.511. The third-order valence-corrected chi connectivity index (χ3v) is 2.51. The van der Waals surface area contributed by atoms with Crippen molar-refractivity contribution in [1.82, 2.24) is 10.2 Å². The first-order valence-corrected chi connectivity index (χ1v) is 5.91. The topological polar surface area (TPSA) is 68.4 Å². The Balaban J connectivity index is 1.99. The Kier molecular flexibility index (Phi) is 3.94. The van der Waals surface area contributed by atoms with Crippen LogP contribution in [0.3, 0.4) is 0 Å². The van der Waals surface area contributed by atoms with E-state index in [-0.39, 0.29) is 6.61 Å². The number of benzene rings is 1. The summed E-state index contributed by atoms with van der Waals surface area (Å²) in [5.41, 5.74) is 0.812. The summed E-state index contributed by atoms with van der Waals surface area (Å²) in [4.78, 5) is 0. The van der Waals surface area contributed by atoms with Crippen molar-refractivity contribution in [2.24, 2.45) is 0 Å². The van der Waals surface area contributed by atoms with Crippen LogP contribution in [0.4, 0.5) is 0 Å². The van der Waals surface area contributed by atoms with Gasteiger partial charge in [-0.25, -0.2) is 0 Å². The van der Waals surface area contributed by atoms with Crippen molar-refractivity contribution < 1.29 is 14.3 Å². The summed E-state index contributed by atoms with van der Waals surface area (Å²) < 4.78 is 10.9. The van der Waals surface area contributed by atoms with Crippen LogP contribution < -0.4 is 4.74 Å². The van der Waals surface area contributed by atoms with E-state index in [1.807, 2.05) is 25.1 Å². The summed E-state index contributed by atoms with van der Waals surface area (Å²) in [5.74, 6) is 1.73. The molecule has 0 bridgehead atoms. The molecule has 2 rings (SSSR count). The van der Waals surface area contributed by atoms with Crippen LogP contribution >= 0.6 is 0 Å². The summed E-state index contributed by atoms with van der Waals surface area (Å²) in [6, 6.07) is 7.30. The van der Waals surface area contributed by atoms with Crippen molar-refractivity contribution in [3.8, 4) is 5.75 Å². The number of rotatable bonds is 5. The predicted molar refractivity (Wildman–Crippen MR) is 65.1 cm³/mol. The van der Waals surface area contributed by atoms with Gasteiger partial charge in [0.05, 0.1) is 6.10 Å². The van der Waals surface area contributed by atoms with Gasteiger partial charge in [0.15, 0.2) is 6.61 Å². The van der Waals surface area contributed by atoms with Gasteiger partial charge in [-0.15, -0.1) is 10.2 Å². The van der Waals surface area contributed by atoms with E-state index in [1.165, 1.54) is 0 Å². The molecule has 1 atom stereocenters. The zero-order chi connectivity index (χ0) is 13.0. The maximum Gasteiger partial charge on any atom is 0.253 e. The van der Waals surface area contributed by atoms with Gasteiger partial charge < -0.3 is 14.3 Å². The Morgan fingerprint density at radius 1 is 1.33 bits per heavy atom. The molecule has 96 valence electrons. The number of aryl methyl sites for hydroxylation is 1. The molecule has 0 saturated carbocycles. The number of aromatic nitrogens is 2. The highest BCUT2D eigenvalue weighted by atomic mass is 16.5. The molecule has 1 aromatic heterocycles. The molecule has 0 aliphatic rings. The van der Waals surface area contributed by atoms with Gasteiger partial charge in [0.2, 0.25) is 5.89 Å². The fourth-order valence-corrected chi connectivity index (χ4v) is 1.50. The Hall–Kier alpha value is -1.88. The van der Waals surface area contributed by atoms with Gasteiger partial charge in [-0.05, 0) is 24.6 Å². The van der Waals surface area contributed by atoms with Crippen LogP contribution in [-0.2, 0) is 13.0 Å². The number of hydrogen-bond acceptors (Lipinski definition) is 5. The number of nitrogens with zero attached hydrogens (tertiary/aromatic N) is 2. The Morgan fingerprint density at radius 2 is 2.11 bits per heavy atom. The van der Waals surface area contributed by atoms with E-state index in [1.54, 1.807) is 13.0 Å². The highest BCUT2D eigenvalue weighted by Crippen LogP contribution is 2.19. The lowest BCUT2D eigenvalue weighted by Gasteiger charge is -2.07. The SMILES string of the molecule is CCc1nnc(COc2cccc([C@H](C)O)c2)o1. The van der Waals surface area contributed by atoms with Crippen LogP contribution in [0.2, 0.25) is 0 Å². The predicted octanol–water partition coefficient (Wildman–Crippen LogP) is 2.26. The molecule has 0 saturated heterocycles. The van der Waals surface area contributed by atoms with Gasteiger partial charge in [0.25, 0.3) is 5.89 Å². The van der Waals surface area contributed by atoms with Crippen molar-refractivity contribution in [3.05, 3.63) is 41.6 Å². The maximum absolute atomic E-state index is 9.47. The minimum Gasteiger partial charge on any atom is -0.484 e. The molecule has 0 amide bonds. The van der Waals surface area contributed by atoms with E-state index in [9.17, 15) is 5.11 Å². The van der Waals surface area contributed by atoms with Crippen molar-refractivity contribution in [1.29, 1.82) is 0 Å². The molecular formula is C13H16N2O3. The zero-order valence-corrected chi connectivity index (χ0v) is 10.5.